The van der Waals surface area contributed by atoms with E-state index in [4.69, 9.17) is 5.11 Å². The summed E-state index contributed by atoms with van der Waals surface area (Å²) in [5.41, 5.74) is 1.71. The maximum atomic E-state index is 11.6. The summed E-state index contributed by atoms with van der Waals surface area (Å²) >= 11 is 1.48. The molecule has 2 N–H and O–H groups in total. The first-order chi connectivity index (χ1) is 8.09. The largest absolute Gasteiger partial charge is 0.481 e. The fourth-order valence-electron chi connectivity index (χ4n) is 1.20. The zero-order chi connectivity index (χ0) is 12.7. The summed E-state index contributed by atoms with van der Waals surface area (Å²) in [6.07, 6.45) is 2.24. The van der Waals surface area contributed by atoms with E-state index in [0.717, 1.165) is 4.88 Å². The summed E-state index contributed by atoms with van der Waals surface area (Å²) in [6.45, 7) is 0.883. The Hall–Kier alpha value is -1.63. The maximum absolute atomic E-state index is 11.6. The number of hydrogen-bond donors (Lipinski definition) is 2. The molecule has 94 valence electrons. The van der Waals surface area contributed by atoms with Crippen LogP contribution in [0.15, 0.2) is 11.7 Å². The Morgan fingerprint density at radius 1 is 1.59 bits per heavy atom. The van der Waals surface area contributed by atoms with E-state index in [9.17, 15) is 9.59 Å². The SMILES string of the molecule is CN(CCCC(=O)O)C(=O)NCc1cncs1. The Kier molecular flexibility index (Phi) is 5.41. The van der Waals surface area contributed by atoms with Crippen molar-refractivity contribution in [1.29, 1.82) is 0 Å². The van der Waals surface area contributed by atoms with Gasteiger partial charge in [0, 0.05) is 31.1 Å². The topological polar surface area (TPSA) is 82.5 Å². The number of hydrogen-bond acceptors (Lipinski definition) is 4. The minimum Gasteiger partial charge on any atom is -0.481 e. The van der Waals surface area contributed by atoms with E-state index in [2.05, 4.69) is 10.3 Å². The molecule has 0 radical (unpaired) electrons. The van der Waals surface area contributed by atoms with Crippen molar-refractivity contribution in [2.24, 2.45) is 0 Å². The molecule has 2 amide bonds. The molecular formula is C10H15N3O3S. The molecule has 0 spiro atoms. The van der Waals surface area contributed by atoms with Gasteiger partial charge in [0.1, 0.15) is 0 Å². The number of carbonyl (C=O) groups is 2. The summed E-state index contributed by atoms with van der Waals surface area (Å²) in [5, 5.41) is 11.2. The van der Waals surface area contributed by atoms with E-state index in [-0.39, 0.29) is 12.5 Å². The van der Waals surface area contributed by atoms with Gasteiger partial charge in [0.2, 0.25) is 0 Å². The molecule has 1 heterocycles. The van der Waals surface area contributed by atoms with Gasteiger partial charge < -0.3 is 15.3 Å². The van der Waals surface area contributed by atoms with E-state index in [1.54, 1.807) is 18.8 Å². The number of thiazole rings is 1. The van der Waals surface area contributed by atoms with Crippen LogP contribution in [0.5, 0.6) is 0 Å². The summed E-state index contributed by atoms with van der Waals surface area (Å²) in [4.78, 5) is 28.2. The first-order valence-electron chi connectivity index (χ1n) is 5.17. The van der Waals surface area contributed by atoms with E-state index in [0.29, 0.717) is 19.5 Å². The van der Waals surface area contributed by atoms with Crippen molar-refractivity contribution in [2.45, 2.75) is 19.4 Å². The van der Waals surface area contributed by atoms with E-state index in [1.165, 1.54) is 16.2 Å². The molecule has 1 rings (SSSR count). The van der Waals surface area contributed by atoms with Gasteiger partial charge in [0.15, 0.2) is 0 Å². The summed E-state index contributed by atoms with van der Waals surface area (Å²) in [7, 11) is 1.64. The molecular weight excluding hydrogens is 242 g/mol. The van der Waals surface area contributed by atoms with Crippen molar-refractivity contribution in [2.75, 3.05) is 13.6 Å². The standard InChI is InChI=1S/C10H15N3O3S/c1-13(4-2-3-9(14)15)10(16)12-6-8-5-11-7-17-8/h5,7H,2-4,6H2,1H3,(H,12,16)(H,14,15). The summed E-state index contributed by atoms with van der Waals surface area (Å²) in [6, 6.07) is -0.205. The van der Waals surface area contributed by atoms with Gasteiger partial charge in [-0.25, -0.2) is 4.79 Å². The second kappa shape index (κ2) is 6.85. The van der Waals surface area contributed by atoms with Gasteiger partial charge in [-0.15, -0.1) is 11.3 Å². The first kappa shape index (κ1) is 13.4. The molecule has 0 aliphatic heterocycles. The number of carboxylic acids is 1. The van der Waals surface area contributed by atoms with E-state index in [1.807, 2.05) is 0 Å². The van der Waals surface area contributed by atoms with Crippen molar-refractivity contribution >= 4 is 23.3 Å². The molecule has 0 aliphatic carbocycles. The monoisotopic (exact) mass is 257 g/mol. The van der Waals surface area contributed by atoms with Crippen LogP contribution in [0, 0.1) is 0 Å². The molecule has 0 bridgehead atoms. The highest BCUT2D eigenvalue weighted by Crippen LogP contribution is 2.04. The van der Waals surface area contributed by atoms with Crippen molar-refractivity contribution in [3.8, 4) is 0 Å². The number of urea groups is 1. The number of aliphatic carboxylic acids is 1. The van der Waals surface area contributed by atoms with Crippen molar-refractivity contribution < 1.29 is 14.7 Å². The lowest BCUT2D eigenvalue weighted by atomic mass is 10.3. The number of aromatic nitrogens is 1. The Labute approximate surface area is 103 Å². The first-order valence-corrected chi connectivity index (χ1v) is 6.05. The van der Waals surface area contributed by atoms with Crippen LogP contribution in [0.2, 0.25) is 0 Å². The van der Waals surface area contributed by atoms with Gasteiger partial charge in [-0.3, -0.25) is 9.78 Å². The molecule has 0 saturated carbocycles. The van der Waals surface area contributed by atoms with Gasteiger partial charge in [0.25, 0.3) is 0 Å². The van der Waals surface area contributed by atoms with Gasteiger partial charge in [-0.1, -0.05) is 0 Å². The highest BCUT2D eigenvalue weighted by molar-refractivity contribution is 7.09. The van der Waals surface area contributed by atoms with Crippen LogP contribution in [0.25, 0.3) is 0 Å². The molecule has 0 aromatic carbocycles. The van der Waals surface area contributed by atoms with E-state index < -0.39 is 5.97 Å². The number of carboxylic acid groups (broad SMARTS) is 1. The van der Waals surface area contributed by atoms with Crippen LogP contribution >= 0.6 is 11.3 Å². The average molecular weight is 257 g/mol. The normalized spacial score (nSPS) is 9.94. The maximum Gasteiger partial charge on any atom is 0.317 e. The number of rotatable bonds is 6. The zero-order valence-electron chi connectivity index (χ0n) is 9.55. The van der Waals surface area contributed by atoms with E-state index >= 15 is 0 Å². The number of carbonyl (C=O) groups excluding carboxylic acids is 1. The predicted molar refractivity (Wildman–Crippen MR) is 63.8 cm³/mol. The zero-order valence-corrected chi connectivity index (χ0v) is 10.4. The molecule has 0 fully saturated rings. The lowest BCUT2D eigenvalue weighted by Gasteiger charge is -2.16. The lowest BCUT2D eigenvalue weighted by Crippen LogP contribution is -2.37. The van der Waals surface area contributed by atoms with Crippen molar-refractivity contribution in [3.05, 3.63) is 16.6 Å². The molecule has 0 atom stereocenters. The van der Waals surface area contributed by atoms with Crippen LogP contribution in [0.1, 0.15) is 17.7 Å². The third kappa shape index (κ3) is 5.30. The molecule has 17 heavy (non-hydrogen) atoms. The third-order valence-corrected chi connectivity index (χ3v) is 2.91. The molecule has 7 heteroatoms. The van der Waals surface area contributed by atoms with Crippen LogP contribution in [0.3, 0.4) is 0 Å². The van der Waals surface area contributed by atoms with Gasteiger partial charge in [0.05, 0.1) is 12.1 Å². The quantitative estimate of drug-likeness (QED) is 0.800. The van der Waals surface area contributed by atoms with Crippen LogP contribution in [0.4, 0.5) is 4.79 Å². The Balaban J connectivity index is 2.20. The molecule has 0 unspecified atom stereocenters. The van der Waals surface area contributed by atoms with Crippen LogP contribution in [-0.2, 0) is 11.3 Å². The Morgan fingerprint density at radius 3 is 2.94 bits per heavy atom. The summed E-state index contributed by atoms with van der Waals surface area (Å²) < 4.78 is 0. The predicted octanol–water partition coefficient (Wildman–Crippen LogP) is 1.15. The van der Waals surface area contributed by atoms with Gasteiger partial charge in [-0.05, 0) is 6.42 Å². The lowest BCUT2D eigenvalue weighted by molar-refractivity contribution is -0.137. The van der Waals surface area contributed by atoms with Crippen LogP contribution in [-0.4, -0.2) is 40.6 Å². The van der Waals surface area contributed by atoms with Gasteiger partial charge in [-0.2, -0.15) is 0 Å². The molecule has 0 saturated heterocycles. The summed E-state index contributed by atoms with van der Waals surface area (Å²) in [5.74, 6) is -0.844. The molecule has 1 aromatic rings. The Morgan fingerprint density at radius 2 is 2.35 bits per heavy atom. The second-order valence-electron chi connectivity index (χ2n) is 3.55. The minimum absolute atomic E-state index is 0.0759. The number of nitrogens with one attached hydrogen (secondary N) is 1. The minimum atomic E-state index is -0.844. The highest BCUT2D eigenvalue weighted by atomic mass is 32.1. The van der Waals surface area contributed by atoms with Gasteiger partial charge >= 0.3 is 12.0 Å². The fraction of sp³-hybridized carbons (Fsp3) is 0.500. The second-order valence-corrected chi connectivity index (χ2v) is 4.52. The fourth-order valence-corrected chi connectivity index (χ4v) is 1.73. The van der Waals surface area contributed by atoms with Crippen molar-refractivity contribution in [1.82, 2.24) is 15.2 Å². The highest BCUT2D eigenvalue weighted by Gasteiger charge is 2.08. The molecule has 1 aromatic heterocycles. The van der Waals surface area contributed by atoms with Crippen LogP contribution < -0.4 is 5.32 Å². The van der Waals surface area contributed by atoms with Crippen molar-refractivity contribution in [3.63, 3.8) is 0 Å². The Bertz CT molecular complexity index is 367. The smallest absolute Gasteiger partial charge is 0.317 e. The average Bonchev–Trinajstić information content (AvgIpc) is 2.78. The third-order valence-electron chi connectivity index (χ3n) is 2.13. The molecule has 6 nitrogen and oxygen atoms in total. The number of amides is 2. The molecule has 0 aliphatic rings. The number of nitrogens with zero attached hydrogens (tertiary/aromatic N) is 2.